The molecule has 1 amide bonds. The first-order valence-electron chi connectivity index (χ1n) is 9.24. The van der Waals surface area contributed by atoms with Gasteiger partial charge in [0.25, 0.3) is 0 Å². The van der Waals surface area contributed by atoms with E-state index < -0.39 is 0 Å². The van der Waals surface area contributed by atoms with Gasteiger partial charge in [-0.2, -0.15) is 0 Å². The Morgan fingerprint density at radius 3 is 2.96 bits per heavy atom. The zero-order chi connectivity index (χ0) is 16.5. The molecular formula is C19H27N3O2. The molecule has 0 N–H and O–H groups in total. The number of carbonyl (C=O) groups excluding carboxylic acids is 1. The molecule has 0 saturated carbocycles. The average molecular weight is 329 g/mol. The lowest BCUT2D eigenvalue weighted by molar-refractivity contribution is -0.138. The number of carbonyl (C=O) groups is 1. The Kier molecular flexibility index (Phi) is 4.55. The van der Waals surface area contributed by atoms with Crippen molar-refractivity contribution in [1.29, 1.82) is 0 Å². The Balaban J connectivity index is 1.45. The minimum absolute atomic E-state index is 0.297. The summed E-state index contributed by atoms with van der Waals surface area (Å²) in [5.41, 5.74) is 2.02. The highest BCUT2D eigenvalue weighted by atomic mass is 16.5. The third-order valence-corrected chi connectivity index (χ3v) is 5.79. The van der Waals surface area contributed by atoms with Crippen molar-refractivity contribution < 1.29 is 9.53 Å². The lowest BCUT2D eigenvalue weighted by Crippen LogP contribution is -2.52. The van der Waals surface area contributed by atoms with Crippen molar-refractivity contribution >= 4 is 5.91 Å². The van der Waals surface area contributed by atoms with Crippen LogP contribution in [-0.2, 0) is 16.1 Å². The van der Waals surface area contributed by atoms with Gasteiger partial charge in [-0.15, -0.1) is 0 Å². The summed E-state index contributed by atoms with van der Waals surface area (Å²) in [4.78, 5) is 21.8. The van der Waals surface area contributed by atoms with Crippen LogP contribution in [0.5, 0.6) is 0 Å². The lowest BCUT2D eigenvalue weighted by Gasteiger charge is -2.40. The number of aromatic nitrogens is 1. The first-order chi connectivity index (χ1) is 11.7. The molecule has 0 unspecified atom stereocenters. The fourth-order valence-corrected chi connectivity index (χ4v) is 4.59. The number of rotatable bonds is 4. The predicted molar refractivity (Wildman–Crippen MR) is 91.5 cm³/mol. The van der Waals surface area contributed by atoms with Crippen LogP contribution in [0, 0.1) is 12.8 Å². The maximum atomic E-state index is 12.5. The topological polar surface area (TPSA) is 45.7 Å². The highest BCUT2D eigenvalue weighted by Gasteiger charge is 2.43. The molecule has 3 saturated heterocycles. The van der Waals surface area contributed by atoms with Gasteiger partial charge in [0.15, 0.2) is 0 Å². The Hall–Kier alpha value is -1.46. The largest absolute Gasteiger partial charge is 0.381 e. The number of hydrogen-bond donors (Lipinski definition) is 0. The number of nitrogens with zero attached hydrogens (tertiary/aromatic N) is 3. The summed E-state index contributed by atoms with van der Waals surface area (Å²) in [6.07, 6.45) is 3.96. The van der Waals surface area contributed by atoms with Crippen LogP contribution in [0.3, 0.4) is 0 Å². The number of amides is 1. The molecule has 5 heteroatoms. The zero-order valence-electron chi connectivity index (χ0n) is 14.5. The third kappa shape index (κ3) is 3.20. The molecule has 24 heavy (non-hydrogen) atoms. The number of fused-ring (bicyclic) bond motifs is 1. The van der Waals surface area contributed by atoms with Gasteiger partial charge in [0.05, 0.1) is 18.8 Å². The van der Waals surface area contributed by atoms with Crippen molar-refractivity contribution in [3.8, 4) is 0 Å². The van der Waals surface area contributed by atoms with Gasteiger partial charge in [-0.3, -0.25) is 14.7 Å². The SMILES string of the molecule is Cc1cccc(CN2C(=O)CC[C@@H]3[C@H]2CCN3C[C@H]2CCOC2)n1. The smallest absolute Gasteiger partial charge is 0.223 e. The predicted octanol–water partition coefficient (Wildman–Crippen LogP) is 1.99. The minimum Gasteiger partial charge on any atom is -0.381 e. The van der Waals surface area contributed by atoms with E-state index in [2.05, 4.69) is 14.8 Å². The molecular weight excluding hydrogens is 302 g/mol. The van der Waals surface area contributed by atoms with E-state index in [0.717, 1.165) is 50.5 Å². The number of piperidine rings is 1. The Bertz CT molecular complexity index is 600. The van der Waals surface area contributed by atoms with Crippen molar-refractivity contribution in [1.82, 2.24) is 14.8 Å². The van der Waals surface area contributed by atoms with Gasteiger partial charge in [0, 0.05) is 43.9 Å². The van der Waals surface area contributed by atoms with Crippen molar-refractivity contribution in [2.24, 2.45) is 5.92 Å². The highest BCUT2D eigenvalue weighted by molar-refractivity contribution is 5.77. The number of aryl methyl sites for hydroxylation is 1. The molecule has 0 spiro atoms. The summed E-state index contributed by atoms with van der Waals surface area (Å²) < 4.78 is 5.53. The molecule has 0 bridgehead atoms. The molecule has 0 aliphatic carbocycles. The maximum Gasteiger partial charge on any atom is 0.223 e. The molecule has 0 aromatic carbocycles. The molecule has 130 valence electrons. The molecule has 1 aromatic rings. The summed E-state index contributed by atoms with van der Waals surface area (Å²) in [5, 5.41) is 0. The van der Waals surface area contributed by atoms with Crippen molar-refractivity contribution in [3.05, 3.63) is 29.6 Å². The Morgan fingerprint density at radius 1 is 1.25 bits per heavy atom. The van der Waals surface area contributed by atoms with Crippen LogP contribution >= 0.6 is 0 Å². The quantitative estimate of drug-likeness (QED) is 0.847. The van der Waals surface area contributed by atoms with E-state index in [1.807, 2.05) is 25.1 Å². The average Bonchev–Trinajstić information content (AvgIpc) is 3.21. The minimum atomic E-state index is 0.297. The van der Waals surface area contributed by atoms with E-state index >= 15 is 0 Å². The van der Waals surface area contributed by atoms with Crippen LogP contribution < -0.4 is 0 Å². The first-order valence-corrected chi connectivity index (χ1v) is 9.24. The van der Waals surface area contributed by atoms with E-state index in [1.54, 1.807) is 0 Å². The maximum absolute atomic E-state index is 12.5. The number of pyridine rings is 1. The number of ether oxygens (including phenoxy) is 1. The van der Waals surface area contributed by atoms with Gasteiger partial charge in [0.2, 0.25) is 5.91 Å². The monoisotopic (exact) mass is 329 g/mol. The van der Waals surface area contributed by atoms with Gasteiger partial charge in [-0.1, -0.05) is 6.07 Å². The van der Waals surface area contributed by atoms with Crippen LogP contribution in [0.1, 0.15) is 37.1 Å². The summed E-state index contributed by atoms with van der Waals surface area (Å²) in [5.74, 6) is 0.971. The van der Waals surface area contributed by atoms with Gasteiger partial charge < -0.3 is 9.64 Å². The Morgan fingerprint density at radius 2 is 2.17 bits per heavy atom. The van der Waals surface area contributed by atoms with E-state index in [9.17, 15) is 4.79 Å². The third-order valence-electron chi connectivity index (χ3n) is 5.79. The summed E-state index contributed by atoms with van der Waals surface area (Å²) in [6.45, 7) is 6.72. The van der Waals surface area contributed by atoms with Crippen molar-refractivity contribution in [2.75, 3.05) is 26.3 Å². The molecule has 5 nitrogen and oxygen atoms in total. The van der Waals surface area contributed by atoms with Gasteiger partial charge in [-0.25, -0.2) is 0 Å². The van der Waals surface area contributed by atoms with Crippen LogP contribution in [0.4, 0.5) is 0 Å². The molecule has 3 fully saturated rings. The molecule has 3 aliphatic heterocycles. The van der Waals surface area contributed by atoms with E-state index in [-0.39, 0.29) is 0 Å². The fraction of sp³-hybridized carbons (Fsp3) is 0.684. The summed E-state index contributed by atoms with van der Waals surface area (Å²) in [7, 11) is 0. The van der Waals surface area contributed by atoms with Crippen molar-refractivity contribution in [2.45, 2.75) is 51.2 Å². The number of hydrogen-bond acceptors (Lipinski definition) is 4. The Labute approximate surface area is 144 Å². The lowest BCUT2D eigenvalue weighted by atomic mass is 9.95. The second-order valence-electron chi connectivity index (χ2n) is 7.48. The van der Waals surface area contributed by atoms with Crippen LogP contribution in [0.25, 0.3) is 0 Å². The normalized spacial score (nSPS) is 30.8. The molecule has 4 rings (SSSR count). The summed E-state index contributed by atoms with van der Waals surface area (Å²) in [6, 6.07) is 6.95. The second-order valence-corrected chi connectivity index (χ2v) is 7.48. The first kappa shape index (κ1) is 16.0. The number of likely N-dealkylation sites (tertiary alicyclic amines) is 2. The molecule has 3 aliphatic rings. The van der Waals surface area contributed by atoms with Gasteiger partial charge >= 0.3 is 0 Å². The van der Waals surface area contributed by atoms with E-state index in [4.69, 9.17) is 4.74 Å². The van der Waals surface area contributed by atoms with Crippen molar-refractivity contribution in [3.63, 3.8) is 0 Å². The summed E-state index contributed by atoms with van der Waals surface area (Å²) >= 11 is 0. The van der Waals surface area contributed by atoms with Gasteiger partial charge in [-0.05, 0) is 44.2 Å². The van der Waals surface area contributed by atoms with Crippen LogP contribution in [-0.4, -0.2) is 59.1 Å². The van der Waals surface area contributed by atoms with Crippen LogP contribution in [0.2, 0.25) is 0 Å². The molecule has 1 aromatic heterocycles. The van der Waals surface area contributed by atoms with Crippen LogP contribution in [0.15, 0.2) is 18.2 Å². The highest BCUT2D eigenvalue weighted by Crippen LogP contribution is 2.33. The molecule has 3 atom stereocenters. The zero-order valence-corrected chi connectivity index (χ0v) is 14.5. The standard InChI is InChI=1S/C19H27N3O2/c1-14-3-2-4-16(20-14)12-22-18-7-9-21(11-15-8-10-24-13-15)17(18)5-6-19(22)23/h2-4,15,17-18H,5-13H2,1H3/t15-,17-,18-/m1/s1. The molecule has 0 radical (unpaired) electrons. The fourth-order valence-electron chi connectivity index (χ4n) is 4.59. The molecule has 4 heterocycles. The van der Waals surface area contributed by atoms with Gasteiger partial charge in [0.1, 0.15) is 0 Å². The second kappa shape index (κ2) is 6.81. The van der Waals surface area contributed by atoms with E-state index in [1.165, 1.54) is 6.42 Å². The van der Waals surface area contributed by atoms with E-state index in [0.29, 0.717) is 36.9 Å².